The normalized spacial score (nSPS) is 11.4. The third kappa shape index (κ3) is 3.18. The first-order chi connectivity index (χ1) is 9.40. The van der Waals surface area contributed by atoms with Gasteiger partial charge in [0.05, 0.1) is 11.5 Å². The lowest BCUT2D eigenvalue weighted by Gasteiger charge is -2.06. The molecule has 1 aromatic heterocycles. The first-order valence-electron chi connectivity index (χ1n) is 5.09. The zero-order chi connectivity index (χ0) is 14.8. The van der Waals surface area contributed by atoms with Gasteiger partial charge in [-0.3, -0.25) is 10.1 Å². The Kier molecular flexibility index (Phi) is 4.11. The molecule has 0 radical (unpaired) electrons. The van der Waals surface area contributed by atoms with Crippen molar-refractivity contribution in [3.8, 4) is 0 Å². The van der Waals surface area contributed by atoms with Crippen molar-refractivity contribution >= 4 is 31.6 Å². The van der Waals surface area contributed by atoms with Gasteiger partial charge < -0.3 is 4.52 Å². The third-order valence-electron chi connectivity index (χ3n) is 2.24. The Hall–Kier alpha value is -1.85. The van der Waals surface area contributed by atoms with Crippen molar-refractivity contribution in [2.24, 2.45) is 0 Å². The van der Waals surface area contributed by atoms with Crippen LogP contribution in [0.25, 0.3) is 0 Å². The second-order valence-corrected chi connectivity index (χ2v) is 6.19. The van der Waals surface area contributed by atoms with Gasteiger partial charge in [-0.05, 0) is 12.1 Å². The van der Waals surface area contributed by atoms with Crippen LogP contribution in [0.4, 0.5) is 5.69 Å². The molecule has 0 fully saturated rings. The van der Waals surface area contributed by atoms with E-state index < -0.39 is 25.5 Å². The van der Waals surface area contributed by atoms with Crippen molar-refractivity contribution < 1.29 is 17.9 Å². The van der Waals surface area contributed by atoms with Crippen LogP contribution in [0.15, 0.2) is 38.5 Å². The Bertz CT molecular complexity index is 731. The lowest BCUT2D eigenvalue weighted by molar-refractivity contribution is -0.387. The summed E-state index contributed by atoms with van der Waals surface area (Å²) in [6.45, 7) is -0.234. The molecular weight excluding hydrogens is 356 g/mol. The highest BCUT2D eigenvalue weighted by atomic mass is 79.9. The van der Waals surface area contributed by atoms with Gasteiger partial charge in [0, 0.05) is 10.5 Å². The maximum atomic E-state index is 12.1. The molecule has 0 spiro atoms. The van der Waals surface area contributed by atoms with Gasteiger partial charge in [0.2, 0.25) is 16.4 Å². The highest BCUT2D eigenvalue weighted by molar-refractivity contribution is 9.10. The van der Waals surface area contributed by atoms with Crippen LogP contribution in [0, 0.1) is 10.1 Å². The number of aromatic nitrogens is 2. The monoisotopic (exact) mass is 362 g/mol. The van der Waals surface area contributed by atoms with Crippen molar-refractivity contribution in [2.75, 3.05) is 0 Å². The summed E-state index contributed by atoms with van der Waals surface area (Å²) < 4.78 is 31.2. The topological polar surface area (TPSA) is 128 Å². The van der Waals surface area contributed by atoms with Crippen LogP contribution in [-0.4, -0.2) is 23.5 Å². The molecule has 1 aromatic carbocycles. The number of rotatable bonds is 5. The summed E-state index contributed by atoms with van der Waals surface area (Å²) in [4.78, 5) is 13.3. The Balaban J connectivity index is 2.33. The summed E-state index contributed by atoms with van der Waals surface area (Å²) >= 11 is 3.07. The van der Waals surface area contributed by atoms with E-state index in [0.717, 1.165) is 18.5 Å². The second-order valence-electron chi connectivity index (χ2n) is 3.54. The minimum absolute atomic E-state index is 0.117. The quantitative estimate of drug-likeness (QED) is 0.625. The molecule has 0 aliphatic heterocycles. The molecule has 0 unspecified atom stereocenters. The van der Waals surface area contributed by atoms with E-state index in [2.05, 4.69) is 35.3 Å². The molecule has 106 valence electrons. The van der Waals surface area contributed by atoms with Crippen LogP contribution in [0.5, 0.6) is 0 Å². The van der Waals surface area contributed by atoms with Gasteiger partial charge in [0.15, 0.2) is 10.7 Å². The molecule has 11 heteroatoms. The number of hydrogen-bond donors (Lipinski definition) is 1. The molecule has 0 saturated heterocycles. The van der Waals surface area contributed by atoms with Crippen molar-refractivity contribution in [2.45, 2.75) is 11.4 Å². The molecule has 0 aliphatic rings. The molecule has 9 nitrogen and oxygen atoms in total. The van der Waals surface area contributed by atoms with Crippen LogP contribution >= 0.6 is 15.9 Å². The molecule has 0 amide bonds. The van der Waals surface area contributed by atoms with Gasteiger partial charge in [0.1, 0.15) is 0 Å². The van der Waals surface area contributed by atoms with Gasteiger partial charge >= 0.3 is 0 Å². The Morgan fingerprint density at radius 2 is 2.20 bits per heavy atom. The molecule has 2 aromatic rings. The first-order valence-corrected chi connectivity index (χ1v) is 7.36. The maximum Gasteiger partial charge on any atom is 0.289 e. The second kappa shape index (κ2) is 5.64. The number of halogens is 1. The molecular formula is C9H7BrN4O5S. The van der Waals surface area contributed by atoms with E-state index in [1.54, 1.807) is 0 Å². The molecule has 1 heterocycles. The average Bonchev–Trinajstić information content (AvgIpc) is 2.89. The summed E-state index contributed by atoms with van der Waals surface area (Å²) in [5.74, 6) is 0.117. The number of nitro benzene ring substituents is 1. The van der Waals surface area contributed by atoms with Crippen LogP contribution in [0.3, 0.4) is 0 Å². The predicted octanol–water partition coefficient (Wildman–Crippen LogP) is 1.22. The van der Waals surface area contributed by atoms with Gasteiger partial charge in [0.25, 0.3) is 5.69 Å². The van der Waals surface area contributed by atoms with E-state index in [0.29, 0.717) is 4.47 Å². The van der Waals surface area contributed by atoms with Crippen molar-refractivity contribution in [1.82, 2.24) is 14.9 Å². The number of hydrogen-bond acceptors (Lipinski definition) is 7. The van der Waals surface area contributed by atoms with E-state index >= 15 is 0 Å². The van der Waals surface area contributed by atoms with E-state index in [1.807, 2.05) is 0 Å². The summed E-state index contributed by atoms with van der Waals surface area (Å²) in [5.41, 5.74) is -0.520. The van der Waals surface area contributed by atoms with Crippen LogP contribution in [0.2, 0.25) is 0 Å². The van der Waals surface area contributed by atoms with E-state index in [-0.39, 0.29) is 12.4 Å². The fourth-order valence-electron chi connectivity index (χ4n) is 1.36. The third-order valence-corrected chi connectivity index (χ3v) is 4.16. The maximum absolute atomic E-state index is 12.1. The molecule has 0 aliphatic carbocycles. The Labute approximate surface area is 121 Å². The standard InChI is InChI=1S/C9H7BrN4O5S/c10-6-1-2-7(14(15)16)8(3-6)20(17,18)12-4-9-11-5-19-13-9/h1-3,5,12H,4H2. The van der Waals surface area contributed by atoms with Gasteiger partial charge in [-0.1, -0.05) is 21.1 Å². The Morgan fingerprint density at radius 1 is 1.45 bits per heavy atom. The van der Waals surface area contributed by atoms with E-state index in [4.69, 9.17) is 0 Å². The molecule has 0 bridgehead atoms. The predicted molar refractivity (Wildman–Crippen MR) is 69.1 cm³/mol. The molecule has 0 atom stereocenters. The Morgan fingerprint density at radius 3 is 2.80 bits per heavy atom. The number of nitrogens with zero attached hydrogens (tertiary/aromatic N) is 3. The summed E-state index contributed by atoms with van der Waals surface area (Å²) in [6.07, 6.45) is 1.05. The fraction of sp³-hybridized carbons (Fsp3) is 0.111. The summed E-state index contributed by atoms with van der Waals surface area (Å²) in [5, 5.41) is 14.3. The zero-order valence-corrected chi connectivity index (χ0v) is 12.1. The summed E-state index contributed by atoms with van der Waals surface area (Å²) in [7, 11) is -4.08. The fourth-order valence-corrected chi connectivity index (χ4v) is 3.05. The molecule has 0 saturated carbocycles. The van der Waals surface area contributed by atoms with Crippen LogP contribution in [-0.2, 0) is 16.6 Å². The molecule has 20 heavy (non-hydrogen) atoms. The molecule has 2 rings (SSSR count). The molecule has 1 N–H and O–H groups in total. The number of benzene rings is 1. The lowest BCUT2D eigenvalue weighted by atomic mass is 10.3. The van der Waals surface area contributed by atoms with Crippen molar-refractivity contribution in [1.29, 1.82) is 0 Å². The minimum Gasteiger partial charge on any atom is -0.343 e. The average molecular weight is 363 g/mol. The van der Waals surface area contributed by atoms with Crippen LogP contribution < -0.4 is 4.72 Å². The smallest absolute Gasteiger partial charge is 0.289 e. The largest absolute Gasteiger partial charge is 0.343 e. The lowest BCUT2D eigenvalue weighted by Crippen LogP contribution is -2.24. The zero-order valence-electron chi connectivity index (χ0n) is 9.69. The summed E-state index contributed by atoms with van der Waals surface area (Å²) in [6, 6.07) is 3.64. The SMILES string of the molecule is O=[N+]([O-])c1ccc(Br)cc1S(=O)(=O)NCc1ncon1. The highest BCUT2D eigenvalue weighted by Crippen LogP contribution is 2.27. The highest BCUT2D eigenvalue weighted by Gasteiger charge is 2.26. The van der Waals surface area contributed by atoms with E-state index in [9.17, 15) is 18.5 Å². The first kappa shape index (κ1) is 14.6. The number of sulfonamides is 1. The number of nitro groups is 1. The number of nitrogens with one attached hydrogen (secondary N) is 1. The van der Waals surface area contributed by atoms with E-state index in [1.165, 1.54) is 6.07 Å². The van der Waals surface area contributed by atoms with Crippen molar-refractivity contribution in [3.05, 3.63) is 45.0 Å². The minimum atomic E-state index is -4.08. The van der Waals surface area contributed by atoms with Crippen LogP contribution in [0.1, 0.15) is 5.82 Å². The van der Waals surface area contributed by atoms with Crippen molar-refractivity contribution in [3.63, 3.8) is 0 Å². The van der Waals surface area contributed by atoms with Gasteiger partial charge in [-0.2, -0.15) is 4.98 Å². The van der Waals surface area contributed by atoms with Gasteiger partial charge in [-0.15, -0.1) is 0 Å². The van der Waals surface area contributed by atoms with Gasteiger partial charge in [-0.25, -0.2) is 13.1 Å².